The molecule has 7 heteroatoms. The molecule has 0 unspecified atom stereocenters. The Morgan fingerprint density at radius 1 is 1.07 bits per heavy atom. The predicted molar refractivity (Wildman–Crippen MR) is 113 cm³/mol. The summed E-state index contributed by atoms with van der Waals surface area (Å²) in [5, 5.41) is 0. The SMILES string of the molecule is CCCCOc1ccc(C(=O)OCc2cc(=O)n3ccc(C)cc3n2)cc1OCC. The van der Waals surface area contributed by atoms with Gasteiger partial charge in [-0.15, -0.1) is 0 Å². The van der Waals surface area contributed by atoms with Gasteiger partial charge in [-0.1, -0.05) is 13.3 Å². The van der Waals surface area contributed by atoms with Crippen molar-refractivity contribution >= 4 is 11.6 Å². The molecule has 7 nitrogen and oxygen atoms in total. The summed E-state index contributed by atoms with van der Waals surface area (Å²) in [5.74, 6) is 0.573. The van der Waals surface area contributed by atoms with E-state index in [4.69, 9.17) is 14.2 Å². The fourth-order valence-electron chi connectivity index (χ4n) is 2.90. The van der Waals surface area contributed by atoms with Crippen LogP contribution in [-0.4, -0.2) is 28.6 Å². The lowest BCUT2D eigenvalue weighted by molar-refractivity contribution is 0.0467. The lowest BCUT2D eigenvalue weighted by atomic mass is 10.2. The van der Waals surface area contributed by atoms with E-state index in [1.54, 1.807) is 30.5 Å². The molecule has 0 saturated carbocycles. The van der Waals surface area contributed by atoms with E-state index >= 15 is 0 Å². The number of hydrogen-bond donors (Lipinski definition) is 0. The minimum Gasteiger partial charge on any atom is -0.490 e. The number of pyridine rings is 1. The molecule has 2 heterocycles. The molecule has 3 rings (SSSR count). The van der Waals surface area contributed by atoms with E-state index in [1.165, 1.54) is 10.5 Å². The van der Waals surface area contributed by atoms with Crippen molar-refractivity contribution < 1.29 is 19.0 Å². The quantitative estimate of drug-likeness (QED) is 0.393. The highest BCUT2D eigenvalue weighted by Crippen LogP contribution is 2.29. The van der Waals surface area contributed by atoms with E-state index in [1.807, 2.05) is 19.9 Å². The molecule has 0 N–H and O–H groups in total. The number of fused-ring (bicyclic) bond motifs is 1. The summed E-state index contributed by atoms with van der Waals surface area (Å²) in [7, 11) is 0. The number of benzene rings is 1. The number of carbonyl (C=O) groups is 1. The first-order valence-electron chi connectivity index (χ1n) is 10.1. The van der Waals surface area contributed by atoms with Crippen molar-refractivity contribution in [2.75, 3.05) is 13.2 Å². The smallest absolute Gasteiger partial charge is 0.338 e. The third-order valence-corrected chi connectivity index (χ3v) is 4.46. The van der Waals surface area contributed by atoms with Gasteiger partial charge in [0.15, 0.2) is 11.5 Å². The average molecular weight is 410 g/mol. The van der Waals surface area contributed by atoms with Gasteiger partial charge < -0.3 is 14.2 Å². The Hall–Kier alpha value is -3.35. The first-order chi connectivity index (χ1) is 14.5. The van der Waals surface area contributed by atoms with Crippen molar-refractivity contribution in [2.24, 2.45) is 0 Å². The monoisotopic (exact) mass is 410 g/mol. The van der Waals surface area contributed by atoms with E-state index in [2.05, 4.69) is 11.9 Å². The summed E-state index contributed by atoms with van der Waals surface area (Å²) in [5.41, 5.74) is 2.01. The fourth-order valence-corrected chi connectivity index (χ4v) is 2.90. The maximum absolute atomic E-state index is 12.5. The molecule has 0 spiro atoms. The number of nitrogens with zero attached hydrogens (tertiary/aromatic N) is 2. The first-order valence-corrected chi connectivity index (χ1v) is 10.1. The third kappa shape index (κ3) is 5.17. The summed E-state index contributed by atoms with van der Waals surface area (Å²) in [6.45, 7) is 6.82. The van der Waals surface area contributed by atoms with Crippen molar-refractivity contribution in [3.8, 4) is 11.5 Å². The number of hydrogen-bond acceptors (Lipinski definition) is 6. The molecule has 3 aromatic rings. The van der Waals surface area contributed by atoms with Gasteiger partial charge in [0.1, 0.15) is 12.3 Å². The van der Waals surface area contributed by atoms with Crippen LogP contribution in [0.5, 0.6) is 11.5 Å². The number of aryl methyl sites for hydroxylation is 1. The van der Waals surface area contributed by atoms with Crippen molar-refractivity contribution in [3.63, 3.8) is 0 Å². The zero-order valence-corrected chi connectivity index (χ0v) is 17.5. The van der Waals surface area contributed by atoms with E-state index < -0.39 is 5.97 Å². The molecule has 0 aliphatic carbocycles. The molecule has 0 atom stereocenters. The first kappa shape index (κ1) is 21.4. The molecule has 0 saturated heterocycles. The van der Waals surface area contributed by atoms with Crippen LogP contribution in [0.4, 0.5) is 0 Å². The zero-order chi connectivity index (χ0) is 21.5. The second kappa shape index (κ2) is 9.91. The van der Waals surface area contributed by atoms with Crippen LogP contribution in [0.25, 0.3) is 5.65 Å². The lowest BCUT2D eigenvalue weighted by Gasteiger charge is -2.13. The summed E-state index contributed by atoms with van der Waals surface area (Å²) in [4.78, 5) is 29.2. The normalized spacial score (nSPS) is 10.8. The van der Waals surface area contributed by atoms with Crippen molar-refractivity contribution in [3.05, 3.63) is 69.8 Å². The van der Waals surface area contributed by atoms with Crippen molar-refractivity contribution in [1.82, 2.24) is 9.38 Å². The molecular formula is C23H26N2O5. The van der Waals surface area contributed by atoms with Crippen LogP contribution >= 0.6 is 0 Å². The van der Waals surface area contributed by atoms with Crippen LogP contribution in [0.3, 0.4) is 0 Å². The molecule has 0 fully saturated rings. The zero-order valence-electron chi connectivity index (χ0n) is 17.5. The highest BCUT2D eigenvalue weighted by Gasteiger charge is 2.14. The number of rotatable bonds is 9. The van der Waals surface area contributed by atoms with Gasteiger partial charge in [0.05, 0.1) is 24.5 Å². The molecule has 30 heavy (non-hydrogen) atoms. The number of ether oxygens (including phenoxy) is 3. The van der Waals surface area contributed by atoms with Crippen LogP contribution in [0.15, 0.2) is 47.4 Å². The Kier molecular flexibility index (Phi) is 7.06. The van der Waals surface area contributed by atoms with E-state index in [-0.39, 0.29) is 12.2 Å². The summed E-state index contributed by atoms with van der Waals surface area (Å²) >= 11 is 0. The summed E-state index contributed by atoms with van der Waals surface area (Å²) in [6.07, 6.45) is 3.64. The highest BCUT2D eigenvalue weighted by atomic mass is 16.5. The van der Waals surface area contributed by atoms with Crippen LogP contribution < -0.4 is 15.0 Å². The maximum atomic E-state index is 12.5. The topological polar surface area (TPSA) is 79.1 Å². The molecule has 2 aromatic heterocycles. The van der Waals surface area contributed by atoms with Crippen molar-refractivity contribution in [1.29, 1.82) is 0 Å². The Labute approximate surface area is 175 Å². The average Bonchev–Trinajstić information content (AvgIpc) is 2.73. The Morgan fingerprint density at radius 3 is 2.67 bits per heavy atom. The molecule has 0 bridgehead atoms. The fraction of sp³-hybridized carbons (Fsp3) is 0.348. The predicted octanol–water partition coefficient (Wildman–Crippen LogP) is 3.94. The molecule has 0 radical (unpaired) electrons. The number of aromatic nitrogens is 2. The standard InChI is InChI=1S/C23H26N2O5/c1-4-6-11-29-19-8-7-17(13-20(19)28-5-2)23(27)30-15-18-14-22(26)25-10-9-16(3)12-21(25)24-18/h7-10,12-14H,4-6,11,15H2,1-3H3. The molecule has 0 amide bonds. The molecule has 158 valence electrons. The molecule has 0 aliphatic heterocycles. The lowest BCUT2D eigenvalue weighted by Crippen LogP contribution is -2.16. The number of carbonyl (C=O) groups excluding carboxylic acids is 1. The van der Waals surface area contributed by atoms with Gasteiger partial charge in [-0.2, -0.15) is 0 Å². The second-order valence-electron chi connectivity index (χ2n) is 6.89. The second-order valence-corrected chi connectivity index (χ2v) is 6.89. The van der Waals surface area contributed by atoms with E-state index in [0.29, 0.717) is 41.6 Å². The Bertz CT molecular complexity index is 1090. The minimum absolute atomic E-state index is 0.1000. The van der Waals surface area contributed by atoms with Crippen LogP contribution in [0.1, 0.15) is 48.3 Å². The van der Waals surface area contributed by atoms with Crippen LogP contribution in [-0.2, 0) is 11.3 Å². The van der Waals surface area contributed by atoms with Gasteiger partial charge in [0.25, 0.3) is 5.56 Å². The molecule has 0 aliphatic rings. The van der Waals surface area contributed by atoms with Crippen molar-refractivity contribution in [2.45, 2.75) is 40.2 Å². The maximum Gasteiger partial charge on any atom is 0.338 e. The summed E-state index contributed by atoms with van der Waals surface area (Å²) in [6, 6.07) is 9.96. The van der Waals surface area contributed by atoms with Gasteiger partial charge in [0, 0.05) is 12.3 Å². The number of unbranched alkanes of at least 4 members (excludes halogenated alkanes) is 1. The van der Waals surface area contributed by atoms with Crippen LogP contribution in [0.2, 0.25) is 0 Å². The minimum atomic E-state index is -0.526. The third-order valence-electron chi connectivity index (χ3n) is 4.46. The van der Waals surface area contributed by atoms with Crippen LogP contribution in [0, 0.1) is 6.92 Å². The number of esters is 1. The molecule has 1 aromatic carbocycles. The van der Waals surface area contributed by atoms with E-state index in [9.17, 15) is 9.59 Å². The van der Waals surface area contributed by atoms with E-state index in [0.717, 1.165) is 18.4 Å². The Morgan fingerprint density at radius 2 is 1.90 bits per heavy atom. The van der Waals surface area contributed by atoms with Gasteiger partial charge in [-0.25, -0.2) is 9.78 Å². The van der Waals surface area contributed by atoms with Gasteiger partial charge >= 0.3 is 5.97 Å². The largest absolute Gasteiger partial charge is 0.490 e. The van der Waals surface area contributed by atoms with Gasteiger partial charge in [-0.05, 0) is 56.2 Å². The highest BCUT2D eigenvalue weighted by molar-refractivity contribution is 5.90. The molecular weight excluding hydrogens is 384 g/mol. The Balaban J connectivity index is 1.73. The summed E-state index contributed by atoms with van der Waals surface area (Å²) < 4.78 is 18.2. The van der Waals surface area contributed by atoms with Gasteiger partial charge in [0.2, 0.25) is 0 Å². The van der Waals surface area contributed by atoms with Gasteiger partial charge in [-0.3, -0.25) is 9.20 Å².